The first kappa shape index (κ1) is 19.7. The van der Waals surface area contributed by atoms with Gasteiger partial charge in [-0.3, -0.25) is 9.69 Å². The van der Waals surface area contributed by atoms with E-state index in [9.17, 15) is 4.79 Å². The fraction of sp³-hybridized carbons (Fsp3) is 0.400. The lowest BCUT2D eigenvalue weighted by Crippen LogP contribution is -2.35. The molecular formula is C25H29NO3. The van der Waals surface area contributed by atoms with Gasteiger partial charge < -0.3 is 9.15 Å². The molecule has 1 aromatic heterocycles. The standard InChI is InChI=1S/C25H29NO3/c1-2-7-21-10-6-11-22-23(27)18-24(29-25(21)22)28-17-16-26-14-12-20(13-15-26)19-8-4-3-5-9-19/h3-6,8-11,18,20H,2,7,12-17H2,1H3. The Kier molecular flexibility index (Phi) is 6.30. The van der Waals surface area contributed by atoms with Crippen molar-refractivity contribution in [1.29, 1.82) is 0 Å². The summed E-state index contributed by atoms with van der Waals surface area (Å²) in [6, 6.07) is 18.0. The summed E-state index contributed by atoms with van der Waals surface area (Å²) >= 11 is 0. The van der Waals surface area contributed by atoms with Crippen LogP contribution in [0, 0.1) is 0 Å². The first-order valence-electron chi connectivity index (χ1n) is 10.7. The van der Waals surface area contributed by atoms with Gasteiger partial charge in [-0.1, -0.05) is 55.8 Å². The van der Waals surface area contributed by atoms with Crippen molar-refractivity contribution in [1.82, 2.24) is 4.90 Å². The SMILES string of the molecule is CCCc1cccc2c(=O)cc(OCCN3CCC(c4ccccc4)CC3)oc12. The number of nitrogens with zero attached hydrogens (tertiary/aromatic N) is 1. The van der Waals surface area contributed by atoms with Gasteiger partial charge in [0, 0.05) is 6.54 Å². The van der Waals surface area contributed by atoms with E-state index in [4.69, 9.17) is 9.15 Å². The lowest BCUT2D eigenvalue weighted by Gasteiger charge is -2.32. The van der Waals surface area contributed by atoms with Gasteiger partial charge in [-0.05, 0) is 55.5 Å². The Morgan fingerprint density at radius 1 is 1.07 bits per heavy atom. The number of piperidine rings is 1. The molecule has 4 heteroatoms. The predicted octanol–water partition coefficient (Wildman–Crippen LogP) is 5.00. The van der Waals surface area contributed by atoms with E-state index in [1.165, 1.54) is 24.5 Å². The van der Waals surface area contributed by atoms with Crippen LogP contribution in [-0.4, -0.2) is 31.1 Å². The molecule has 1 aliphatic rings. The summed E-state index contributed by atoms with van der Waals surface area (Å²) in [7, 11) is 0. The summed E-state index contributed by atoms with van der Waals surface area (Å²) in [6.45, 7) is 5.65. The summed E-state index contributed by atoms with van der Waals surface area (Å²) in [5.41, 5.74) is 3.14. The third-order valence-corrected chi connectivity index (χ3v) is 5.84. The van der Waals surface area contributed by atoms with E-state index in [0.717, 1.165) is 38.0 Å². The zero-order valence-electron chi connectivity index (χ0n) is 17.1. The highest BCUT2D eigenvalue weighted by molar-refractivity contribution is 5.80. The fourth-order valence-corrected chi connectivity index (χ4v) is 4.24. The van der Waals surface area contributed by atoms with Crippen LogP contribution in [0.15, 0.2) is 63.8 Å². The van der Waals surface area contributed by atoms with E-state index in [-0.39, 0.29) is 5.43 Å². The minimum absolute atomic E-state index is 0.0390. The van der Waals surface area contributed by atoms with E-state index < -0.39 is 0 Å². The molecule has 3 aromatic rings. The van der Waals surface area contributed by atoms with Gasteiger partial charge in [0.15, 0.2) is 5.43 Å². The number of rotatable bonds is 7. The highest BCUT2D eigenvalue weighted by atomic mass is 16.6. The molecule has 4 rings (SSSR count). The molecule has 2 aromatic carbocycles. The van der Waals surface area contributed by atoms with Gasteiger partial charge in [-0.15, -0.1) is 0 Å². The number of fused-ring (bicyclic) bond motifs is 1. The lowest BCUT2D eigenvalue weighted by molar-refractivity contribution is 0.157. The molecule has 0 saturated carbocycles. The maximum atomic E-state index is 12.4. The third kappa shape index (κ3) is 4.70. The summed E-state index contributed by atoms with van der Waals surface area (Å²) in [6.07, 6.45) is 4.25. The van der Waals surface area contributed by atoms with Crippen LogP contribution < -0.4 is 10.2 Å². The monoisotopic (exact) mass is 391 g/mol. The Morgan fingerprint density at radius 3 is 2.62 bits per heavy atom. The van der Waals surface area contributed by atoms with Gasteiger partial charge in [0.1, 0.15) is 12.2 Å². The molecular weight excluding hydrogens is 362 g/mol. The largest absolute Gasteiger partial charge is 0.464 e. The van der Waals surface area contributed by atoms with Crippen molar-refractivity contribution in [2.24, 2.45) is 0 Å². The number of likely N-dealkylation sites (tertiary alicyclic amines) is 1. The van der Waals surface area contributed by atoms with E-state index in [1.807, 2.05) is 18.2 Å². The van der Waals surface area contributed by atoms with Crippen molar-refractivity contribution in [3.63, 3.8) is 0 Å². The second-order valence-corrected chi connectivity index (χ2v) is 7.85. The minimum atomic E-state index is -0.0390. The molecule has 4 nitrogen and oxygen atoms in total. The zero-order chi connectivity index (χ0) is 20.1. The second-order valence-electron chi connectivity index (χ2n) is 7.85. The molecule has 0 bridgehead atoms. The topological polar surface area (TPSA) is 42.7 Å². The highest BCUT2D eigenvalue weighted by Crippen LogP contribution is 2.27. The fourth-order valence-electron chi connectivity index (χ4n) is 4.24. The molecule has 1 saturated heterocycles. The van der Waals surface area contributed by atoms with Gasteiger partial charge in [0.25, 0.3) is 5.95 Å². The second kappa shape index (κ2) is 9.27. The van der Waals surface area contributed by atoms with Crippen molar-refractivity contribution < 1.29 is 9.15 Å². The maximum Gasteiger partial charge on any atom is 0.288 e. The number of para-hydroxylation sites is 1. The van der Waals surface area contributed by atoms with Crippen LogP contribution in [0.1, 0.15) is 43.2 Å². The summed E-state index contributed by atoms with van der Waals surface area (Å²) in [4.78, 5) is 14.9. The Bertz CT molecular complexity index is 988. The Hall–Kier alpha value is -2.59. The van der Waals surface area contributed by atoms with Crippen LogP contribution in [0.2, 0.25) is 0 Å². The number of benzene rings is 2. The summed E-state index contributed by atoms with van der Waals surface area (Å²) < 4.78 is 11.8. The first-order valence-corrected chi connectivity index (χ1v) is 10.7. The van der Waals surface area contributed by atoms with Crippen molar-refractivity contribution in [3.8, 4) is 5.95 Å². The summed E-state index contributed by atoms with van der Waals surface area (Å²) in [5.74, 6) is 0.981. The average Bonchev–Trinajstić information content (AvgIpc) is 2.76. The zero-order valence-corrected chi connectivity index (χ0v) is 17.1. The highest BCUT2D eigenvalue weighted by Gasteiger charge is 2.20. The van der Waals surface area contributed by atoms with Crippen LogP contribution in [0.25, 0.3) is 11.0 Å². The molecule has 0 radical (unpaired) electrons. The van der Waals surface area contributed by atoms with E-state index in [0.29, 0.717) is 29.4 Å². The maximum absolute atomic E-state index is 12.4. The van der Waals surface area contributed by atoms with Gasteiger partial charge >= 0.3 is 0 Å². The minimum Gasteiger partial charge on any atom is -0.464 e. The van der Waals surface area contributed by atoms with Crippen LogP contribution in [0.3, 0.4) is 0 Å². The lowest BCUT2D eigenvalue weighted by atomic mass is 9.89. The van der Waals surface area contributed by atoms with Gasteiger partial charge in [-0.2, -0.15) is 0 Å². The molecule has 152 valence electrons. The first-order chi connectivity index (χ1) is 14.2. The van der Waals surface area contributed by atoms with Gasteiger partial charge in [0.2, 0.25) is 0 Å². The number of hydrogen-bond acceptors (Lipinski definition) is 4. The van der Waals surface area contributed by atoms with Crippen LogP contribution in [0.5, 0.6) is 5.95 Å². The van der Waals surface area contributed by atoms with Crippen molar-refractivity contribution in [3.05, 3.63) is 75.9 Å². The normalized spacial score (nSPS) is 15.6. The van der Waals surface area contributed by atoms with Crippen molar-refractivity contribution in [2.45, 2.75) is 38.5 Å². The van der Waals surface area contributed by atoms with E-state index >= 15 is 0 Å². The van der Waals surface area contributed by atoms with Crippen molar-refractivity contribution >= 4 is 11.0 Å². The molecule has 0 amide bonds. The Labute approximate surface area is 172 Å². The van der Waals surface area contributed by atoms with Crippen LogP contribution >= 0.6 is 0 Å². The number of hydrogen-bond donors (Lipinski definition) is 0. The molecule has 29 heavy (non-hydrogen) atoms. The van der Waals surface area contributed by atoms with Gasteiger partial charge in [0.05, 0.1) is 11.5 Å². The predicted molar refractivity (Wildman–Crippen MR) is 117 cm³/mol. The van der Waals surface area contributed by atoms with Gasteiger partial charge in [-0.25, -0.2) is 0 Å². The Morgan fingerprint density at radius 2 is 1.86 bits per heavy atom. The smallest absolute Gasteiger partial charge is 0.288 e. The molecule has 0 aliphatic carbocycles. The van der Waals surface area contributed by atoms with E-state index in [2.05, 4.69) is 42.2 Å². The van der Waals surface area contributed by atoms with Crippen molar-refractivity contribution in [2.75, 3.05) is 26.2 Å². The third-order valence-electron chi connectivity index (χ3n) is 5.84. The molecule has 1 aliphatic heterocycles. The molecule has 0 spiro atoms. The van der Waals surface area contributed by atoms with Crippen LogP contribution in [-0.2, 0) is 6.42 Å². The molecule has 0 unspecified atom stereocenters. The average molecular weight is 392 g/mol. The Balaban J connectivity index is 1.33. The molecule has 0 atom stereocenters. The molecule has 2 heterocycles. The summed E-state index contributed by atoms with van der Waals surface area (Å²) in [5, 5.41) is 0.631. The quantitative estimate of drug-likeness (QED) is 0.568. The molecule has 1 fully saturated rings. The molecule has 0 N–H and O–H groups in total. The van der Waals surface area contributed by atoms with Crippen LogP contribution in [0.4, 0.5) is 0 Å². The number of aryl methyl sites for hydroxylation is 1. The number of ether oxygens (including phenoxy) is 1. The van der Waals surface area contributed by atoms with E-state index in [1.54, 1.807) is 0 Å².